The largest absolute Gasteiger partial charge is 0.493 e. The molecule has 2 N–H and O–H groups in total. The van der Waals surface area contributed by atoms with Crippen molar-refractivity contribution in [2.45, 2.75) is 25.8 Å². The van der Waals surface area contributed by atoms with Crippen LogP contribution in [0, 0.1) is 0 Å². The number of nitrogens with one attached hydrogen (secondary N) is 1. The van der Waals surface area contributed by atoms with E-state index in [0.29, 0.717) is 6.61 Å². The molecule has 0 aliphatic carbocycles. The Morgan fingerprint density at radius 2 is 2.06 bits per heavy atom. The molecule has 1 rings (SSSR count). The van der Waals surface area contributed by atoms with Crippen molar-refractivity contribution < 1.29 is 14.6 Å². The Morgan fingerprint density at radius 1 is 1.22 bits per heavy atom. The van der Waals surface area contributed by atoms with Gasteiger partial charge in [0.05, 0.1) is 13.7 Å². The van der Waals surface area contributed by atoms with Crippen molar-refractivity contribution >= 4 is 0 Å². The van der Waals surface area contributed by atoms with Gasteiger partial charge in [-0.05, 0) is 32.4 Å². The minimum absolute atomic E-state index is 0.250. The minimum atomic E-state index is 0.250. The molecule has 0 aromatic heterocycles. The first kappa shape index (κ1) is 14.8. The highest BCUT2D eigenvalue weighted by Gasteiger charge is 2.09. The molecule has 0 saturated heterocycles. The van der Waals surface area contributed by atoms with Crippen molar-refractivity contribution in [1.82, 2.24) is 5.32 Å². The summed E-state index contributed by atoms with van der Waals surface area (Å²) >= 11 is 0. The summed E-state index contributed by atoms with van der Waals surface area (Å²) in [6.45, 7) is 1.65. The second-order valence-corrected chi connectivity index (χ2v) is 4.11. The molecule has 0 radical (unpaired) electrons. The number of hydrogen-bond donors (Lipinski definition) is 2. The van der Waals surface area contributed by atoms with Gasteiger partial charge in [0.1, 0.15) is 0 Å². The van der Waals surface area contributed by atoms with Crippen molar-refractivity contribution in [2.24, 2.45) is 0 Å². The second-order valence-electron chi connectivity index (χ2n) is 4.11. The number of unbranched alkanes of at least 4 members (excludes halogenated alkanes) is 2. The molecular formula is C14H23NO3. The maximum absolute atomic E-state index is 8.71. The summed E-state index contributed by atoms with van der Waals surface area (Å²) in [5, 5.41) is 11.8. The van der Waals surface area contributed by atoms with Crippen molar-refractivity contribution in [1.29, 1.82) is 0 Å². The number of para-hydroxylation sites is 1. The fourth-order valence-electron chi connectivity index (χ4n) is 1.78. The van der Waals surface area contributed by atoms with Crippen molar-refractivity contribution in [3.63, 3.8) is 0 Å². The molecule has 0 heterocycles. The van der Waals surface area contributed by atoms with Crippen LogP contribution in [0.1, 0.15) is 24.8 Å². The third kappa shape index (κ3) is 4.55. The van der Waals surface area contributed by atoms with Crippen molar-refractivity contribution in [3.8, 4) is 11.5 Å². The molecule has 0 spiro atoms. The number of rotatable bonds is 9. The lowest BCUT2D eigenvalue weighted by Crippen LogP contribution is -2.09. The zero-order valence-electron chi connectivity index (χ0n) is 11.2. The predicted octanol–water partition coefficient (Wildman–Crippen LogP) is 1.96. The van der Waals surface area contributed by atoms with Gasteiger partial charge in [-0.1, -0.05) is 12.1 Å². The minimum Gasteiger partial charge on any atom is -0.493 e. The van der Waals surface area contributed by atoms with E-state index in [9.17, 15) is 0 Å². The van der Waals surface area contributed by atoms with Gasteiger partial charge >= 0.3 is 0 Å². The van der Waals surface area contributed by atoms with Crippen LogP contribution in [0.15, 0.2) is 18.2 Å². The molecule has 0 aliphatic heterocycles. The van der Waals surface area contributed by atoms with E-state index in [4.69, 9.17) is 14.6 Å². The summed E-state index contributed by atoms with van der Waals surface area (Å²) < 4.78 is 11.1. The van der Waals surface area contributed by atoms with Crippen molar-refractivity contribution in [3.05, 3.63) is 23.8 Å². The molecule has 0 saturated carbocycles. The zero-order valence-corrected chi connectivity index (χ0v) is 11.2. The van der Waals surface area contributed by atoms with E-state index in [-0.39, 0.29) is 6.61 Å². The van der Waals surface area contributed by atoms with Gasteiger partial charge in [0.2, 0.25) is 0 Å². The summed E-state index contributed by atoms with van der Waals surface area (Å²) in [7, 11) is 3.56. The monoisotopic (exact) mass is 253 g/mol. The first-order valence-electron chi connectivity index (χ1n) is 6.37. The van der Waals surface area contributed by atoms with E-state index in [1.54, 1.807) is 7.11 Å². The van der Waals surface area contributed by atoms with E-state index in [1.807, 2.05) is 25.2 Å². The summed E-state index contributed by atoms with van der Waals surface area (Å²) in [6.07, 6.45) is 2.75. The molecule has 4 nitrogen and oxygen atoms in total. The lowest BCUT2D eigenvalue weighted by Gasteiger charge is -2.14. The summed E-state index contributed by atoms with van der Waals surface area (Å²) in [5.41, 5.74) is 1.10. The molecule has 102 valence electrons. The van der Waals surface area contributed by atoms with Gasteiger partial charge in [-0.2, -0.15) is 0 Å². The van der Waals surface area contributed by atoms with Crippen LogP contribution < -0.4 is 14.8 Å². The SMILES string of the molecule is CNCc1cccc(OC)c1OCCCCCO. The number of methoxy groups -OCH3 is 1. The molecule has 1 aromatic rings. The maximum Gasteiger partial charge on any atom is 0.165 e. The zero-order chi connectivity index (χ0) is 13.2. The van der Waals surface area contributed by atoms with E-state index < -0.39 is 0 Å². The highest BCUT2D eigenvalue weighted by atomic mass is 16.5. The Hall–Kier alpha value is -1.26. The van der Waals surface area contributed by atoms with Gasteiger partial charge in [-0.15, -0.1) is 0 Å². The fourth-order valence-corrected chi connectivity index (χ4v) is 1.78. The second kappa shape index (κ2) is 8.78. The molecule has 0 fully saturated rings. The average Bonchev–Trinajstić information content (AvgIpc) is 2.40. The molecule has 0 aliphatic rings. The lowest BCUT2D eigenvalue weighted by atomic mass is 10.2. The van der Waals surface area contributed by atoms with E-state index in [1.165, 1.54) is 0 Å². The fraction of sp³-hybridized carbons (Fsp3) is 0.571. The van der Waals surface area contributed by atoms with Gasteiger partial charge in [-0.25, -0.2) is 0 Å². The standard InChI is InChI=1S/C14H23NO3/c1-15-11-12-7-6-8-13(17-2)14(12)18-10-5-3-4-9-16/h6-8,15-16H,3-5,9-11H2,1-2H3. The molecule has 18 heavy (non-hydrogen) atoms. The van der Waals surface area contributed by atoms with E-state index >= 15 is 0 Å². The Kier molecular flexibility index (Phi) is 7.22. The van der Waals surface area contributed by atoms with Crippen LogP contribution in [0.5, 0.6) is 11.5 Å². The van der Waals surface area contributed by atoms with Gasteiger partial charge in [-0.3, -0.25) is 0 Å². The number of aliphatic hydroxyl groups is 1. The van der Waals surface area contributed by atoms with E-state index in [2.05, 4.69) is 5.32 Å². The van der Waals surface area contributed by atoms with Crippen molar-refractivity contribution in [2.75, 3.05) is 27.4 Å². The predicted molar refractivity (Wildman–Crippen MR) is 72.2 cm³/mol. The Labute approximate surface area is 109 Å². The quantitative estimate of drug-likeness (QED) is 0.661. The topological polar surface area (TPSA) is 50.7 Å². The van der Waals surface area contributed by atoms with Gasteiger partial charge in [0.15, 0.2) is 11.5 Å². The summed E-state index contributed by atoms with van der Waals surface area (Å²) in [5.74, 6) is 1.59. The van der Waals surface area contributed by atoms with Crippen LogP contribution in [0.25, 0.3) is 0 Å². The number of benzene rings is 1. The first-order chi connectivity index (χ1) is 8.83. The highest BCUT2D eigenvalue weighted by molar-refractivity contribution is 5.46. The summed E-state index contributed by atoms with van der Waals surface area (Å²) in [6, 6.07) is 5.90. The Morgan fingerprint density at radius 3 is 2.72 bits per heavy atom. The van der Waals surface area contributed by atoms with Gasteiger partial charge in [0.25, 0.3) is 0 Å². The van der Waals surface area contributed by atoms with E-state index in [0.717, 1.165) is 42.9 Å². The number of aliphatic hydroxyl groups excluding tert-OH is 1. The third-order valence-corrected chi connectivity index (χ3v) is 2.70. The van der Waals surface area contributed by atoms with Crippen LogP contribution in [0.4, 0.5) is 0 Å². The number of hydrogen-bond acceptors (Lipinski definition) is 4. The van der Waals surface area contributed by atoms with Crippen LogP contribution >= 0.6 is 0 Å². The summed E-state index contributed by atoms with van der Waals surface area (Å²) in [4.78, 5) is 0. The molecule has 1 aromatic carbocycles. The van der Waals surface area contributed by atoms with Crippen LogP contribution in [0.2, 0.25) is 0 Å². The molecule has 0 bridgehead atoms. The van der Waals surface area contributed by atoms with Gasteiger partial charge in [0, 0.05) is 18.7 Å². The molecule has 0 amide bonds. The average molecular weight is 253 g/mol. The molecule has 0 unspecified atom stereocenters. The Balaban J connectivity index is 2.60. The molecular weight excluding hydrogens is 230 g/mol. The lowest BCUT2D eigenvalue weighted by molar-refractivity contribution is 0.259. The Bertz CT molecular complexity index is 342. The number of ether oxygens (including phenoxy) is 2. The first-order valence-corrected chi connectivity index (χ1v) is 6.37. The van der Waals surface area contributed by atoms with Crippen LogP contribution in [-0.2, 0) is 6.54 Å². The normalized spacial score (nSPS) is 10.4. The van der Waals surface area contributed by atoms with Crippen LogP contribution in [-0.4, -0.2) is 32.5 Å². The van der Waals surface area contributed by atoms with Crippen LogP contribution in [0.3, 0.4) is 0 Å². The third-order valence-electron chi connectivity index (χ3n) is 2.70. The van der Waals surface area contributed by atoms with Gasteiger partial charge < -0.3 is 19.9 Å². The molecule has 0 atom stereocenters. The highest BCUT2D eigenvalue weighted by Crippen LogP contribution is 2.31. The maximum atomic E-state index is 8.71. The molecule has 4 heteroatoms. The smallest absolute Gasteiger partial charge is 0.165 e.